The molecule has 116 valence electrons. The number of carbonyl (C=O) groups excluding carboxylic acids is 2. The van der Waals surface area contributed by atoms with Gasteiger partial charge in [-0.05, 0) is 24.4 Å². The van der Waals surface area contributed by atoms with Crippen LogP contribution in [0.3, 0.4) is 0 Å². The number of hydrogen-bond donors (Lipinski definition) is 3. The van der Waals surface area contributed by atoms with E-state index in [1.807, 2.05) is 49.3 Å². The highest BCUT2D eigenvalue weighted by molar-refractivity contribution is 6.11. The Morgan fingerprint density at radius 1 is 1.09 bits per heavy atom. The number of anilines is 1. The first kappa shape index (κ1) is 15.8. The molecule has 0 saturated carbocycles. The zero-order valence-electron chi connectivity index (χ0n) is 12.8. The summed E-state index contributed by atoms with van der Waals surface area (Å²) >= 11 is 0. The van der Waals surface area contributed by atoms with Gasteiger partial charge in [0.1, 0.15) is 6.04 Å². The minimum atomic E-state index is -0.829. The smallest absolute Gasteiger partial charge is 0.265 e. The van der Waals surface area contributed by atoms with Gasteiger partial charge < -0.3 is 10.2 Å². The Bertz CT molecular complexity index is 713. The van der Waals surface area contributed by atoms with Gasteiger partial charge in [0, 0.05) is 30.7 Å². The maximum atomic E-state index is 12.4. The predicted molar refractivity (Wildman–Crippen MR) is 85.1 cm³/mol. The van der Waals surface area contributed by atoms with Gasteiger partial charge in [-0.1, -0.05) is 24.3 Å². The SMILES string of the molecule is CC(NC(=O)c1ccc(N(C)C)c2ccccc12)C(=O)NO. The van der Waals surface area contributed by atoms with Crippen LogP contribution in [0.4, 0.5) is 5.69 Å². The number of hydrogen-bond acceptors (Lipinski definition) is 4. The van der Waals surface area contributed by atoms with Gasteiger partial charge >= 0.3 is 0 Å². The van der Waals surface area contributed by atoms with Gasteiger partial charge in [-0.3, -0.25) is 14.8 Å². The molecule has 0 saturated heterocycles. The van der Waals surface area contributed by atoms with Crippen LogP contribution in [0, 0.1) is 0 Å². The Labute approximate surface area is 128 Å². The molecule has 0 aliphatic heterocycles. The van der Waals surface area contributed by atoms with E-state index < -0.39 is 11.9 Å². The molecule has 1 unspecified atom stereocenters. The van der Waals surface area contributed by atoms with E-state index in [-0.39, 0.29) is 5.91 Å². The Kier molecular flexibility index (Phi) is 4.62. The molecule has 0 bridgehead atoms. The molecule has 6 nitrogen and oxygen atoms in total. The van der Waals surface area contributed by atoms with E-state index in [1.54, 1.807) is 6.07 Å². The Balaban J connectivity index is 2.42. The molecule has 0 heterocycles. The molecule has 2 aromatic carbocycles. The first-order valence-electron chi connectivity index (χ1n) is 6.89. The van der Waals surface area contributed by atoms with Crippen molar-refractivity contribution < 1.29 is 14.8 Å². The van der Waals surface area contributed by atoms with E-state index in [4.69, 9.17) is 5.21 Å². The number of benzene rings is 2. The highest BCUT2D eigenvalue weighted by Crippen LogP contribution is 2.28. The average Bonchev–Trinajstić information content (AvgIpc) is 2.52. The number of nitrogens with zero attached hydrogens (tertiary/aromatic N) is 1. The summed E-state index contributed by atoms with van der Waals surface area (Å²) in [6.45, 7) is 1.50. The molecule has 0 radical (unpaired) electrons. The number of rotatable bonds is 4. The van der Waals surface area contributed by atoms with Gasteiger partial charge in [-0.15, -0.1) is 0 Å². The molecule has 0 aromatic heterocycles. The molecule has 0 aliphatic rings. The van der Waals surface area contributed by atoms with Gasteiger partial charge in [0.25, 0.3) is 11.8 Å². The first-order chi connectivity index (χ1) is 10.5. The molecule has 22 heavy (non-hydrogen) atoms. The van der Waals surface area contributed by atoms with Crippen molar-refractivity contribution in [3.05, 3.63) is 42.0 Å². The third-order valence-corrected chi connectivity index (χ3v) is 3.48. The largest absolute Gasteiger partial charge is 0.377 e. The van der Waals surface area contributed by atoms with Crippen molar-refractivity contribution >= 4 is 28.3 Å². The predicted octanol–water partition coefficient (Wildman–Crippen LogP) is 1.53. The monoisotopic (exact) mass is 301 g/mol. The van der Waals surface area contributed by atoms with Crippen LogP contribution in [0.1, 0.15) is 17.3 Å². The van der Waals surface area contributed by atoms with Crippen molar-refractivity contribution in [1.82, 2.24) is 10.8 Å². The molecule has 0 aliphatic carbocycles. The lowest BCUT2D eigenvalue weighted by molar-refractivity contribution is -0.130. The van der Waals surface area contributed by atoms with Gasteiger partial charge in [-0.2, -0.15) is 0 Å². The molecule has 0 fully saturated rings. The third kappa shape index (κ3) is 3.01. The summed E-state index contributed by atoms with van der Waals surface area (Å²) in [5.74, 6) is -1.03. The topological polar surface area (TPSA) is 81.7 Å². The van der Waals surface area contributed by atoms with E-state index in [2.05, 4.69) is 5.32 Å². The minimum absolute atomic E-state index is 0.363. The van der Waals surface area contributed by atoms with Gasteiger partial charge in [-0.25, -0.2) is 5.48 Å². The summed E-state index contributed by atoms with van der Waals surface area (Å²) in [5, 5.41) is 12.9. The van der Waals surface area contributed by atoms with Crippen molar-refractivity contribution in [3.63, 3.8) is 0 Å². The summed E-state index contributed by atoms with van der Waals surface area (Å²) in [6, 6.07) is 10.4. The van der Waals surface area contributed by atoms with Crippen LogP contribution < -0.4 is 15.7 Å². The first-order valence-corrected chi connectivity index (χ1v) is 6.89. The minimum Gasteiger partial charge on any atom is -0.377 e. The summed E-state index contributed by atoms with van der Waals surface area (Å²) in [5.41, 5.74) is 3.02. The highest BCUT2D eigenvalue weighted by atomic mass is 16.5. The van der Waals surface area contributed by atoms with Gasteiger partial charge in [0.15, 0.2) is 0 Å². The maximum absolute atomic E-state index is 12.4. The van der Waals surface area contributed by atoms with Crippen LogP contribution >= 0.6 is 0 Å². The molecule has 2 rings (SSSR count). The van der Waals surface area contributed by atoms with Crippen LogP contribution in [0.15, 0.2) is 36.4 Å². The third-order valence-electron chi connectivity index (χ3n) is 3.48. The van der Waals surface area contributed by atoms with E-state index in [0.717, 1.165) is 16.5 Å². The van der Waals surface area contributed by atoms with Crippen molar-refractivity contribution in [2.45, 2.75) is 13.0 Å². The fourth-order valence-corrected chi connectivity index (χ4v) is 2.31. The second-order valence-electron chi connectivity index (χ2n) is 5.24. The van der Waals surface area contributed by atoms with Gasteiger partial charge in [0.05, 0.1) is 0 Å². The van der Waals surface area contributed by atoms with Crippen LogP contribution in [-0.4, -0.2) is 37.2 Å². The quantitative estimate of drug-likeness (QED) is 0.591. The number of fused-ring (bicyclic) bond motifs is 1. The van der Waals surface area contributed by atoms with Crippen LogP contribution in [0.25, 0.3) is 10.8 Å². The van der Waals surface area contributed by atoms with Crippen molar-refractivity contribution in [1.29, 1.82) is 0 Å². The Morgan fingerprint density at radius 2 is 1.73 bits per heavy atom. The fourth-order valence-electron chi connectivity index (χ4n) is 2.31. The second-order valence-corrected chi connectivity index (χ2v) is 5.24. The van der Waals surface area contributed by atoms with Crippen LogP contribution in [-0.2, 0) is 4.79 Å². The van der Waals surface area contributed by atoms with E-state index in [1.165, 1.54) is 12.4 Å². The van der Waals surface area contributed by atoms with E-state index >= 15 is 0 Å². The average molecular weight is 301 g/mol. The molecule has 2 aromatic rings. The number of hydroxylamine groups is 1. The van der Waals surface area contributed by atoms with Crippen molar-refractivity contribution in [2.24, 2.45) is 0 Å². The normalized spacial score (nSPS) is 11.8. The molecule has 3 N–H and O–H groups in total. The van der Waals surface area contributed by atoms with E-state index in [9.17, 15) is 9.59 Å². The summed E-state index contributed by atoms with van der Waals surface area (Å²) in [4.78, 5) is 25.7. The van der Waals surface area contributed by atoms with Crippen LogP contribution in [0.2, 0.25) is 0 Å². The molecule has 0 spiro atoms. The Morgan fingerprint density at radius 3 is 2.32 bits per heavy atom. The lowest BCUT2D eigenvalue weighted by Crippen LogP contribution is -2.43. The summed E-state index contributed by atoms with van der Waals surface area (Å²) < 4.78 is 0. The van der Waals surface area contributed by atoms with Crippen molar-refractivity contribution in [3.8, 4) is 0 Å². The summed E-state index contributed by atoms with van der Waals surface area (Å²) in [6.07, 6.45) is 0. The zero-order valence-corrected chi connectivity index (χ0v) is 12.8. The molecule has 1 atom stereocenters. The van der Waals surface area contributed by atoms with E-state index in [0.29, 0.717) is 5.56 Å². The Hall–Kier alpha value is -2.60. The second kappa shape index (κ2) is 6.44. The van der Waals surface area contributed by atoms with Gasteiger partial charge in [0.2, 0.25) is 0 Å². The molecular formula is C16H19N3O3. The van der Waals surface area contributed by atoms with Crippen molar-refractivity contribution in [2.75, 3.05) is 19.0 Å². The number of carbonyl (C=O) groups is 2. The highest BCUT2D eigenvalue weighted by Gasteiger charge is 2.18. The molecular weight excluding hydrogens is 282 g/mol. The lowest BCUT2D eigenvalue weighted by Gasteiger charge is -2.18. The fraction of sp³-hybridized carbons (Fsp3) is 0.250. The standard InChI is InChI=1S/C16H19N3O3/c1-10(15(20)18-22)17-16(21)13-8-9-14(19(2)3)12-7-5-4-6-11(12)13/h4-10,22H,1-3H3,(H,17,21)(H,18,20). The maximum Gasteiger partial charge on any atom is 0.265 e. The molecule has 6 heteroatoms. The number of amides is 2. The van der Waals surface area contributed by atoms with Crippen LogP contribution in [0.5, 0.6) is 0 Å². The lowest BCUT2D eigenvalue weighted by atomic mass is 10.0. The zero-order chi connectivity index (χ0) is 16.3. The summed E-state index contributed by atoms with van der Waals surface area (Å²) in [7, 11) is 3.88. The molecule has 2 amide bonds. The number of nitrogens with one attached hydrogen (secondary N) is 2.